The van der Waals surface area contributed by atoms with Crippen molar-refractivity contribution in [1.82, 2.24) is 14.7 Å². The second-order valence-corrected chi connectivity index (χ2v) is 7.19. The summed E-state index contributed by atoms with van der Waals surface area (Å²) >= 11 is 0. The first-order valence-electron chi connectivity index (χ1n) is 8.88. The van der Waals surface area contributed by atoms with E-state index in [0.717, 1.165) is 44.8 Å². The van der Waals surface area contributed by atoms with Crippen LogP contribution < -0.4 is 0 Å². The Morgan fingerprint density at radius 1 is 1.28 bits per heavy atom. The summed E-state index contributed by atoms with van der Waals surface area (Å²) in [5.41, 5.74) is 1.31. The highest BCUT2D eigenvalue weighted by Crippen LogP contribution is 2.25. The van der Waals surface area contributed by atoms with E-state index in [1.54, 1.807) is 13.0 Å². The third-order valence-corrected chi connectivity index (χ3v) is 5.46. The average molecular weight is 344 g/mol. The van der Waals surface area contributed by atoms with Gasteiger partial charge in [-0.25, -0.2) is 4.39 Å². The number of nitrogens with zero attached hydrogens (tertiary/aromatic N) is 4. The highest BCUT2D eigenvalue weighted by molar-refractivity contribution is 5.73. The number of hydrogen-bond donors (Lipinski definition) is 0. The van der Waals surface area contributed by atoms with Gasteiger partial charge in [0.1, 0.15) is 5.82 Å². The molecule has 0 N–H and O–H groups in total. The highest BCUT2D eigenvalue weighted by atomic mass is 19.1. The molecule has 2 heterocycles. The minimum absolute atomic E-state index is 0.154. The fraction of sp³-hybridized carbons (Fsp3) is 0.579. The van der Waals surface area contributed by atoms with Gasteiger partial charge in [-0.1, -0.05) is 13.0 Å². The molecular formula is C19H25FN4O. The molecule has 0 aromatic heterocycles. The van der Waals surface area contributed by atoms with Gasteiger partial charge in [-0.15, -0.1) is 0 Å². The molecule has 5 nitrogen and oxygen atoms in total. The summed E-state index contributed by atoms with van der Waals surface area (Å²) in [6.07, 6.45) is 0. The Morgan fingerprint density at radius 3 is 2.64 bits per heavy atom. The standard InChI is InChI=1S/C19H25FN4O/c1-14-11-22(12-16-3-4-18(20)9-17(16)10-21)13-19(14)24-7-5-23(6-8-24)15(2)25/h3-4,9,14,19H,5-8,11-13H2,1-2H3/t14-,19+/m0/s1. The predicted molar refractivity (Wildman–Crippen MR) is 93.2 cm³/mol. The number of carbonyl (C=O) groups is 1. The molecule has 134 valence electrons. The maximum absolute atomic E-state index is 13.3. The summed E-state index contributed by atoms with van der Waals surface area (Å²) in [7, 11) is 0. The summed E-state index contributed by atoms with van der Waals surface area (Å²) in [4.78, 5) is 18.2. The SMILES string of the molecule is CC(=O)N1CCN([C@@H]2CN(Cc3ccc(F)cc3C#N)C[C@@H]2C)CC1. The molecule has 0 saturated carbocycles. The number of amides is 1. The lowest BCUT2D eigenvalue weighted by molar-refractivity contribution is -0.130. The third kappa shape index (κ3) is 4.00. The number of rotatable bonds is 3. The Kier molecular flexibility index (Phi) is 5.36. The number of carbonyl (C=O) groups excluding carboxylic acids is 1. The molecule has 0 spiro atoms. The van der Waals surface area contributed by atoms with E-state index >= 15 is 0 Å². The Hall–Kier alpha value is -1.97. The van der Waals surface area contributed by atoms with Crippen molar-refractivity contribution in [3.63, 3.8) is 0 Å². The van der Waals surface area contributed by atoms with Crippen LogP contribution in [0.3, 0.4) is 0 Å². The largest absolute Gasteiger partial charge is 0.340 e. The van der Waals surface area contributed by atoms with Crippen LogP contribution in [0.4, 0.5) is 4.39 Å². The summed E-state index contributed by atoms with van der Waals surface area (Å²) in [6, 6.07) is 7.03. The van der Waals surface area contributed by atoms with E-state index in [1.165, 1.54) is 12.1 Å². The van der Waals surface area contributed by atoms with Crippen LogP contribution in [0, 0.1) is 23.1 Å². The molecule has 3 rings (SSSR count). The molecule has 2 aliphatic rings. The van der Waals surface area contributed by atoms with Gasteiger partial charge in [0.25, 0.3) is 0 Å². The molecule has 0 bridgehead atoms. The molecule has 1 amide bonds. The number of nitriles is 1. The van der Waals surface area contributed by atoms with E-state index in [4.69, 9.17) is 0 Å². The molecule has 1 aromatic carbocycles. The second kappa shape index (κ2) is 7.51. The van der Waals surface area contributed by atoms with Gasteiger partial charge < -0.3 is 4.90 Å². The molecule has 2 atom stereocenters. The second-order valence-electron chi connectivity index (χ2n) is 7.19. The molecule has 25 heavy (non-hydrogen) atoms. The Balaban J connectivity index is 1.61. The van der Waals surface area contributed by atoms with Gasteiger partial charge in [0, 0.05) is 58.8 Å². The van der Waals surface area contributed by atoms with Crippen LogP contribution in [-0.2, 0) is 11.3 Å². The van der Waals surface area contributed by atoms with E-state index in [9.17, 15) is 14.4 Å². The lowest BCUT2D eigenvalue weighted by Crippen LogP contribution is -2.53. The van der Waals surface area contributed by atoms with Crippen molar-refractivity contribution in [2.75, 3.05) is 39.3 Å². The molecule has 0 unspecified atom stereocenters. The van der Waals surface area contributed by atoms with Gasteiger partial charge in [-0.2, -0.15) is 5.26 Å². The smallest absolute Gasteiger partial charge is 0.219 e. The molecule has 0 aliphatic carbocycles. The van der Waals surface area contributed by atoms with Crippen molar-refractivity contribution >= 4 is 5.91 Å². The fourth-order valence-electron chi connectivity index (χ4n) is 4.05. The van der Waals surface area contributed by atoms with Crippen LogP contribution in [0.25, 0.3) is 0 Å². The van der Waals surface area contributed by atoms with Gasteiger partial charge in [-0.05, 0) is 23.6 Å². The zero-order valence-electron chi connectivity index (χ0n) is 14.9. The van der Waals surface area contributed by atoms with E-state index in [1.807, 2.05) is 4.90 Å². The first-order valence-corrected chi connectivity index (χ1v) is 8.88. The number of halogens is 1. The Morgan fingerprint density at radius 2 is 2.00 bits per heavy atom. The topological polar surface area (TPSA) is 50.6 Å². The van der Waals surface area contributed by atoms with Crippen molar-refractivity contribution in [3.05, 3.63) is 35.1 Å². The summed E-state index contributed by atoms with van der Waals surface area (Å²) in [5, 5.41) is 9.22. The zero-order valence-corrected chi connectivity index (χ0v) is 14.9. The Labute approximate surface area is 148 Å². The van der Waals surface area contributed by atoms with E-state index in [0.29, 0.717) is 24.1 Å². The minimum Gasteiger partial charge on any atom is -0.340 e. The van der Waals surface area contributed by atoms with Crippen molar-refractivity contribution < 1.29 is 9.18 Å². The van der Waals surface area contributed by atoms with Crippen LogP contribution in [0.2, 0.25) is 0 Å². The maximum atomic E-state index is 13.3. The van der Waals surface area contributed by atoms with Crippen molar-refractivity contribution in [1.29, 1.82) is 5.26 Å². The van der Waals surface area contributed by atoms with Crippen molar-refractivity contribution in [2.24, 2.45) is 5.92 Å². The minimum atomic E-state index is -0.365. The first-order chi connectivity index (χ1) is 12.0. The average Bonchev–Trinajstić information content (AvgIpc) is 2.97. The number of likely N-dealkylation sites (tertiary alicyclic amines) is 1. The van der Waals surface area contributed by atoms with Crippen LogP contribution in [-0.4, -0.2) is 65.9 Å². The van der Waals surface area contributed by atoms with Crippen molar-refractivity contribution in [2.45, 2.75) is 26.4 Å². The molecular weight excluding hydrogens is 319 g/mol. The Bertz CT molecular complexity index is 678. The summed E-state index contributed by atoms with van der Waals surface area (Å²) in [5.74, 6) is 0.326. The molecule has 0 radical (unpaired) electrons. The van der Waals surface area contributed by atoms with Crippen molar-refractivity contribution in [3.8, 4) is 6.07 Å². The molecule has 2 saturated heterocycles. The van der Waals surface area contributed by atoms with Gasteiger partial charge in [0.2, 0.25) is 5.91 Å². The molecule has 6 heteroatoms. The number of hydrogen-bond acceptors (Lipinski definition) is 4. The van der Waals surface area contributed by atoms with E-state index < -0.39 is 0 Å². The lowest BCUT2D eigenvalue weighted by Gasteiger charge is -2.39. The van der Waals surface area contributed by atoms with Gasteiger partial charge in [0.15, 0.2) is 0 Å². The maximum Gasteiger partial charge on any atom is 0.219 e. The van der Waals surface area contributed by atoms with Crippen LogP contribution >= 0.6 is 0 Å². The highest BCUT2D eigenvalue weighted by Gasteiger charge is 2.35. The quantitative estimate of drug-likeness (QED) is 0.837. The molecule has 2 aliphatic heterocycles. The lowest BCUT2D eigenvalue weighted by atomic mass is 10.0. The van der Waals surface area contributed by atoms with Gasteiger partial charge >= 0.3 is 0 Å². The van der Waals surface area contributed by atoms with Crippen LogP contribution in [0.5, 0.6) is 0 Å². The van der Waals surface area contributed by atoms with Gasteiger partial charge in [0.05, 0.1) is 11.6 Å². The molecule has 2 fully saturated rings. The first kappa shape index (κ1) is 17.8. The zero-order chi connectivity index (χ0) is 18.0. The number of benzene rings is 1. The fourth-order valence-corrected chi connectivity index (χ4v) is 4.05. The van der Waals surface area contributed by atoms with E-state index in [2.05, 4.69) is 22.8 Å². The normalized spacial score (nSPS) is 25.1. The van der Waals surface area contributed by atoms with E-state index in [-0.39, 0.29) is 11.7 Å². The number of piperazine rings is 1. The monoisotopic (exact) mass is 344 g/mol. The van der Waals surface area contributed by atoms with Gasteiger partial charge in [-0.3, -0.25) is 14.6 Å². The van der Waals surface area contributed by atoms with Crippen LogP contribution in [0.15, 0.2) is 18.2 Å². The summed E-state index contributed by atoms with van der Waals surface area (Å²) in [6.45, 7) is 9.93. The summed E-state index contributed by atoms with van der Waals surface area (Å²) < 4.78 is 13.3. The van der Waals surface area contributed by atoms with Crippen LogP contribution in [0.1, 0.15) is 25.0 Å². The third-order valence-electron chi connectivity index (χ3n) is 5.46. The molecule has 1 aromatic rings. The predicted octanol–water partition coefficient (Wildman–Crippen LogP) is 1.68.